The second-order valence-corrected chi connectivity index (χ2v) is 9.50. The Morgan fingerprint density at radius 2 is 2.03 bits per heavy atom. The Morgan fingerprint density at radius 3 is 2.66 bits per heavy atom. The van der Waals surface area contributed by atoms with Crippen LogP contribution in [0.25, 0.3) is 0 Å². The topological polar surface area (TPSA) is 147 Å². The monoisotopic (exact) mass is 445 g/mol. The van der Waals surface area contributed by atoms with Crippen LogP contribution in [0.1, 0.15) is 69.4 Å². The molecule has 1 fully saturated rings. The van der Waals surface area contributed by atoms with Gasteiger partial charge in [-0.3, -0.25) is 14.4 Å². The van der Waals surface area contributed by atoms with E-state index in [4.69, 9.17) is 14.9 Å². The number of aromatic nitrogens is 6. The first-order valence-electron chi connectivity index (χ1n) is 10.8. The van der Waals surface area contributed by atoms with E-state index in [1.54, 1.807) is 4.68 Å². The Balaban J connectivity index is 0.000000913. The van der Waals surface area contributed by atoms with Gasteiger partial charge in [-0.1, -0.05) is 20.8 Å². The zero-order chi connectivity index (χ0) is 23.5. The van der Waals surface area contributed by atoms with E-state index in [9.17, 15) is 9.59 Å². The molecule has 11 nitrogen and oxygen atoms in total. The summed E-state index contributed by atoms with van der Waals surface area (Å²) in [6.45, 7) is 9.59. The Morgan fingerprint density at radius 1 is 1.31 bits per heavy atom. The molecule has 1 unspecified atom stereocenters. The fraction of sp³-hybridized carbons (Fsp3) is 0.667. The lowest BCUT2D eigenvalue weighted by molar-refractivity contribution is -0.133. The van der Waals surface area contributed by atoms with Crippen molar-refractivity contribution in [2.75, 3.05) is 13.1 Å². The second-order valence-electron chi connectivity index (χ2n) is 9.50. The van der Waals surface area contributed by atoms with Gasteiger partial charge in [-0.05, 0) is 43.0 Å². The Kier molecular flexibility index (Phi) is 6.75. The number of H-pyrrole nitrogens is 1. The number of hydrogen-bond acceptors (Lipinski definition) is 7. The van der Waals surface area contributed by atoms with Crippen LogP contribution in [0.5, 0.6) is 0 Å². The maximum absolute atomic E-state index is 12.9. The van der Waals surface area contributed by atoms with Crippen molar-refractivity contribution in [1.82, 2.24) is 35.1 Å². The molecular weight excluding hydrogens is 414 g/mol. The number of piperidine rings is 1. The predicted octanol–water partition coefficient (Wildman–Crippen LogP) is 0.960. The summed E-state index contributed by atoms with van der Waals surface area (Å²) in [7, 11) is 0. The normalized spacial score (nSPS) is 19.9. The van der Waals surface area contributed by atoms with Crippen LogP contribution >= 0.6 is 0 Å². The highest BCUT2D eigenvalue weighted by atomic mass is 16.3. The molecule has 0 aromatic carbocycles. The number of carbonyl (C=O) groups excluding carboxylic acids is 1. The number of tetrazole rings is 1. The van der Waals surface area contributed by atoms with Crippen LogP contribution in [0.4, 0.5) is 0 Å². The van der Waals surface area contributed by atoms with Crippen molar-refractivity contribution in [2.45, 2.75) is 77.2 Å². The van der Waals surface area contributed by atoms with Crippen LogP contribution in [0.15, 0.2) is 4.79 Å². The lowest BCUT2D eigenvalue weighted by Gasteiger charge is -2.40. The second kappa shape index (κ2) is 9.17. The first-order chi connectivity index (χ1) is 15.1. The third-order valence-electron chi connectivity index (χ3n) is 6.26. The maximum atomic E-state index is 12.9. The highest BCUT2D eigenvalue weighted by molar-refractivity contribution is 5.76. The van der Waals surface area contributed by atoms with E-state index in [1.807, 2.05) is 11.8 Å². The number of rotatable bonds is 3. The molecule has 11 heteroatoms. The summed E-state index contributed by atoms with van der Waals surface area (Å²) in [6.07, 6.45) is 3.87. The number of likely N-dealkylation sites (tertiary alicyclic amines) is 1. The van der Waals surface area contributed by atoms with Gasteiger partial charge < -0.3 is 15.0 Å². The van der Waals surface area contributed by atoms with Gasteiger partial charge in [0.1, 0.15) is 11.6 Å². The van der Waals surface area contributed by atoms with E-state index >= 15 is 0 Å². The zero-order valence-corrected chi connectivity index (χ0v) is 19.1. The smallest absolute Gasteiger partial charge is 0.290 e. The van der Waals surface area contributed by atoms with Crippen molar-refractivity contribution in [3.8, 4) is 0 Å². The number of carbonyl (C=O) groups is 2. The van der Waals surface area contributed by atoms with E-state index in [2.05, 4.69) is 41.3 Å². The molecule has 1 aliphatic carbocycles. The maximum Gasteiger partial charge on any atom is 0.290 e. The van der Waals surface area contributed by atoms with Gasteiger partial charge in [-0.2, -0.15) is 0 Å². The molecule has 0 radical (unpaired) electrons. The van der Waals surface area contributed by atoms with E-state index in [-0.39, 0.29) is 28.8 Å². The number of fused-ring (bicyclic) bond motifs is 2. The lowest BCUT2D eigenvalue weighted by Crippen LogP contribution is -2.48. The minimum Gasteiger partial charge on any atom is -0.483 e. The average molecular weight is 446 g/mol. The molecular formula is C21H31N7O4. The third kappa shape index (κ3) is 4.71. The number of hydrogen-bond donors (Lipinski definition) is 2. The largest absolute Gasteiger partial charge is 0.483 e. The third-order valence-corrected chi connectivity index (χ3v) is 6.26. The molecule has 1 atom stereocenters. The van der Waals surface area contributed by atoms with Crippen molar-refractivity contribution < 1.29 is 14.7 Å². The van der Waals surface area contributed by atoms with E-state index in [0.717, 1.165) is 49.3 Å². The zero-order valence-electron chi connectivity index (χ0n) is 19.1. The summed E-state index contributed by atoms with van der Waals surface area (Å²) in [6, 6.07) is 0. The highest BCUT2D eigenvalue weighted by Crippen LogP contribution is 2.43. The molecule has 1 saturated heterocycles. The van der Waals surface area contributed by atoms with Crippen molar-refractivity contribution >= 4 is 12.4 Å². The number of nitrogens with one attached hydrogen (secondary N) is 1. The number of amides is 1. The molecule has 174 valence electrons. The quantitative estimate of drug-likeness (QED) is 0.664. The number of carboxylic acid groups (broad SMARTS) is 1. The average Bonchev–Trinajstić information content (AvgIpc) is 3.30. The summed E-state index contributed by atoms with van der Waals surface area (Å²) in [5.41, 5.74) is 1.26. The van der Waals surface area contributed by atoms with Gasteiger partial charge in [-0.15, -0.1) is 5.10 Å². The minimum absolute atomic E-state index is 0.0191. The summed E-state index contributed by atoms with van der Waals surface area (Å²) >= 11 is 0. The highest BCUT2D eigenvalue weighted by Gasteiger charge is 2.46. The molecule has 2 aromatic rings. The minimum atomic E-state index is -0.250. The summed E-state index contributed by atoms with van der Waals surface area (Å²) in [5.74, 6) is 1.53. The predicted molar refractivity (Wildman–Crippen MR) is 115 cm³/mol. The first kappa shape index (κ1) is 23.6. The van der Waals surface area contributed by atoms with E-state index < -0.39 is 0 Å². The SMILES string of the molecule is Cc1nnnn1CCC(=O)N1CCCC2(CCc3c2nc(C(C)(C)C)[nH]c3=O)C1.O=CO. The molecule has 0 bridgehead atoms. The van der Waals surface area contributed by atoms with Crippen LogP contribution in [0.2, 0.25) is 0 Å². The van der Waals surface area contributed by atoms with E-state index in [1.165, 1.54) is 0 Å². The van der Waals surface area contributed by atoms with Gasteiger partial charge in [0, 0.05) is 35.9 Å². The van der Waals surface area contributed by atoms with E-state index in [0.29, 0.717) is 25.3 Å². The standard InChI is InChI=1S/C20H29N7O2.CH2O2/c1-13-23-24-25-27(13)11-7-15(28)26-10-5-8-20(12-26)9-6-14-16(20)21-18(19(2,3)4)22-17(14)29;2-1-3/h5-12H2,1-4H3,(H,21,22,29);1H,(H,2,3). The summed E-state index contributed by atoms with van der Waals surface area (Å²) in [5, 5.41) is 18.3. The lowest BCUT2D eigenvalue weighted by atomic mass is 9.77. The van der Waals surface area contributed by atoms with Crippen LogP contribution in [-0.4, -0.2) is 65.7 Å². The van der Waals surface area contributed by atoms with Crippen LogP contribution in [-0.2, 0) is 33.4 Å². The molecule has 2 N–H and O–H groups in total. The molecule has 1 spiro atoms. The van der Waals surface area contributed by atoms with Crippen LogP contribution in [0.3, 0.4) is 0 Å². The van der Waals surface area contributed by atoms with Gasteiger partial charge in [0.2, 0.25) is 5.91 Å². The molecule has 2 aliphatic rings. The summed E-state index contributed by atoms with van der Waals surface area (Å²) < 4.78 is 1.65. The molecule has 4 rings (SSSR count). The van der Waals surface area contributed by atoms with Crippen LogP contribution < -0.4 is 5.56 Å². The van der Waals surface area contributed by atoms with Crippen molar-refractivity contribution in [1.29, 1.82) is 0 Å². The van der Waals surface area contributed by atoms with Gasteiger partial charge in [-0.25, -0.2) is 9.67 Å². The molecule has 32 heavy (non-hydrogen) atoms. The fourth-order valence-corrected chi connectivity index (χ4v) is 4.56. The Bertz CT molecular complexity index is 1040. The first-order valence-corrected chi connectivity index (χ1v) is 10.8. The van der Waals surface area contributed by atoms with Gasteiger partial charge in [0.15, 0.2) is 0 Å². The Labute approximate surface area is 186 Å². The van der Waals surface area contributed by atoms with Gasteiger partial charge in [0.25, 0.3) is 12.0 Å². The molecule has 2 aromatic heterocycles. The summed E-state index contributed by atoms with van der Waals surface area (Å²) in [4.78, 5) is 43.8. The van der Waals surface area contributed by atoms with Crippen molar-refractivity contribution in [2.24, 2.45) is 0 Å². The number of aryl methyl sites for hydroxylation is 2. The van der Waals surface area contributed by atoms with Gasteiger partial charge >= 0.3 is 0 Å². The van der Waals surface area contributed by atoms with Crippen molar-refractivity contribution in [3.05, 3.63) is 33.3 Å². The van der Waals surface area contributed by atoms with Crippen molar-refractivity contribution in [3.63, 3.8) is 0 Å². The number of aromatic amines is 1. The molecule has 1 amide bonds. The molecule has 1 aliphatic heterocycles. The number of nitrogens with zero attached hydrogens (tertiary/aromatic N) is 6. The Hall–Kier alpha value is -3.11. The molecule has 3 heterocycles. The van der Waals surface area contributed by atoms with Gasteiger partial charge in [0.05, 0.1) is 12.2 Å². The fourth-order valence-electron chi connectivity index (χ4n) is 4.56. The molecule has 0 saturated carbocycles. The van der Waals surface area contributed by atoms with Crippen LogP contribution in [0, 0.1) is 6.92 Å².